The third-order valence-corrected chi connectivity index (χ3v) is 10.7. The Morgan fingerprint density at radius 2 is 0.962 bits per heavy atom. The molecule has 13 heteroatoms. The zero-order chi connectivity index (χ0) is 37.8. The first-order chi connectivity index (χ1) is 25.8. The Morgan fingerprint density at radius 3 is 1.32 bits per heavy atom. The van der Waals surface area contributed by atoms with Crippen LogP contribution >= 0.6 is 0 Å². The highest BCUT2D eigenvalue weighted by atomic mass is 16.6. The summed E-state index contributed by atoms with van der Waals surface area (Å²) in [5.74, 6) is -1.22. The summed E-state index contributed by atoms with van der Waals surface area (Å²) in [6, 6.07) is 20.2. The van der Waals surface area contributed by atoms with Gasteiger partial charge >= 0.3 is 7.69 Å². The molecule has 12 nitrogen and oxygen atoms in total. The summed E-state index contributed by atoms with van der Waals surface area (Å²) in [5, 5.41) is 12.0. The first-order valence-corrected chi connectivity index (χ1v) is 19.7. The number of hydrogen-bond donors (Lipinski definition) is 6. The molecule has 8 N–H and O–H groups in total. The highest BCUT2D eigenvalue weighted by Crippen LogP contribution is 2.40. The number of amides is 4. The minimum absolute atomic E-state index is 0.234. The molecule has 2 aliphatic carbocycles. The lowest BCUT2D eigenvalue weighted by Gasteiger charge is -2.31. The Labute approximate surface area is 316 Å². The SMILES string of the molecule is NCCCC(NC(=O)C1(C(=O)NCCCc2ccccc2)CCCC1)OBOC(CCCN)NC(=O)C1(C(=O)NCCCc2ccccc2)CCCC1. The predicted octanol–water partition coefficient (Wildman–Crippen LogP) is 3.27. The summed E-state index contributed by atoms with van der Waals surface area (Å²) in [6.07, 6.45) is 8.79. The molecule has 2 aromatic rings. The number of aryl methyl sites for hydroxylation is 2. The second-order valence-corrected chi connectivity index (χ2v) is 14.5. The van der Waals surface area contributed by atoms with Gasteiger partial charge in [0.25, 0.3) is 0 Å². The van der Waals surface area contributed by atoms with Gasteiger partial charge in [0.05, 0.1) is 0 Å². The van der Waals surface area contributed by atoms with E-state index in [1.54, 1.807) is 0 Å². The third kappa shape index (κ3) is 12.7. The van der Waals surface area contributed by atoms with E-state index in [4.69, 9.17) is 20.8 Å². The normalized spacial score (nSPS) is 17.0. The minimum Gasteiger partial charge on any atom is -0.393 e. The number of carbonyl (C=O) groups excluding carboxylic acids is 4. The minimum atomic E-state index is -1.16. The molecule has 0 bridgehead atoms. The third-order valence-electron chi connectivity index (χ3n) is 10.7. The van der Waals surface area contributed by atoms with Crippen LogP contribution in [0.3, 0.4) is 0 Å². The summed E-state index contributed by atoms with van der Waals surface area (Å²) in [7, 11) is -0.234. The molecular weight excluding hydrogens is 671 g/mol. The molecule has 0 radical (unpaired) electrons. The van der Waals surface area contributed by atoms with Crippen LogP contribution in [-0.4, -0.2) is 69.9 Å². The highest BCUT2D eigenvalue weighted by Gasteiger charge is 2.49. The van der Waals surface area contributed by atoms with E-state index in [0.29, 0.717) is 77.5 Å². The Bertz CT molecular complexity index is 1300. The molecule has 0 aromatic heterocycles. The van der Waals surface area contributed by atoms with Gasteiger partial charge in [-0.05, 0) is 101 Å². The van der Waals surface area contributed by atoms with Crippen molar-refractivity contribution in [1.82, 2.24) is 21.3 Å². The van der Waals surface area contributed by atoms with E-state index in [1.807, 2.05) is 36.4 Å². The van der Waals surface area contributed by atoms with Crippen LogP contribution in [-0.2, 0) is 41.3 Å². The molecule has 0 heterocycles. The van der Waals surface area contributed by atoms with Gasteiger partial charge in [-0.25, -0.2) is 0 Å². The zero-order valence-corrected chi connectivity index (χ0v) is 31.4. The molecule has 0 saturated heterocycles. The Morgan fingerprint density at radius 1 is 0.585 bits per heavy atom. The van der Waals surface area contributed by atoms with Gasteiger partial charge in [0.15, 0.2) is 0 Å². The first kappa shape index (κ1) is 42.0. The molecule has 2 aromatic carbocycles. The maximum atomic E-state index is 13.8. The lowest BCUT2D eigenvalue weighted by molar-refractivity contribution is -0.146. The van der Waals surface area contributed by atoms with Crippen LogP contribution in [0.15, 0.2) is 60.7 Å². The Kier molecular flexibility index (Phi) is 17.8. The molecule has 4 amide bonds. The molecule has 0 aliphatic heterocycles. The van der Waals surface area contributed by atoms with Crippen molar-refractivity contribution in [3.05, 3.63) is 71.8 Å². The van der Waals surface area contributed by atoms with E-state index in [0.717, 1.165) is 51.4 Å². The topological polar surface area (TPSA) is 187 Å². The fourth-order valence-electron chi connectivity index (χ4n) is 7.46. The maximum absolute atomic E-state index is 13.8. The molecule has 290 valence electrons. The lowest BCUT2D eigenvalue weighted by Crippen LogP contribution is -2.54. The average Bonchev–Trinajstić information content (AvgIpc) is 3.89. The van der Waals surface area contributed by atoms with Crippen molar-refractivity contribution >= 4 is 31.3 Å². The second-order valence-electron chi connectivity index (χ2n) is 14.5. The molecule has 2 saturated carbocycles. The van der Waals surface area contributed by atoms with E-state index in [9.17, 15) is 19.2 Å². The largest absolute Gasteiger partial charge is 0.441 e. The van der Waals surface area contributed by atoms with Gasteiger partial charge < -0.3 is 42.0 Å². The monoisotopic (exact) mass is 732 g/mol. The lowest BCUT2D eigenvalue weighted by atomic mass is 9.83. The Balaban J connectivity index is 1.30. The number of rotatable bonds is 24. The van der Waals surface area contributed by atoms with Crippen molar-refractivity contribution in [3.8, 4) is 0 Å². The summed E-state index contributed by atoms with van der Waals surface area (Å²) < 4.78 is 12.1. The Hall–Kier alpha value is -3.78. The van der Waals surface area contributed by atoms with Gasteiger partial charge in [-0.2, -0.15) is 0 Å². The molecule has 2 fully saturated rings. The first-order valence-electron chi connectivity index (χ1n) is 19.7. The zero-order valence-electron chi connectivity index (χ0n) is 31.4. The van der Waals surface area contributed by atoms with Crippen LogP contribution in [0.1, 0.15) is 101 Å². The van der Waals surface area contributed by atoms with E-state index < -0.39 is 23.3 Å². The van der Waals surface area contributed by atoms with Crippen molar-refractivity contribution in [1.29, 1.82) is 0 Å². The maximum Gasteiger partial charge on any atom is 0.441 e. The van der Waals surface area contributed by atoms with E-state index >= 15 is 0 Å². The van der Waals surface area contributed by atoms with E-state index in [-0.39, 0.29) is 31.3 Å². The average molecular weight is 733 g/mol. The van der Waals surface area contributed by atoms with E-state index in [1.165, 1.54) is 11.1 Å². The highest BCUT2D eigenvalue weighted by molar-refractivity contribution is 6.18. The number of benzene rings is 2. The molecular formula is C40H61BN6O6. The van der Waals surface area contributed by atoms with Gasteiger partial charge in [0, 0.05) is 13.1 Å². The number of nitrogens with two attached hydrogens (primary N) is 2. The van der Waals surface area contributed by atoms with Crippen LogP contribution in [0.5, 0.6) is 0 Å². The van der Waals surface area contributed by atoms with Crippen LogP contribution in [0, 0.1) is 10.8 Å². The van der Waals surface area contributed by atoms with Gasteiger partial charge in [-0.15, -0.1) is 0 Å². The molecule has 4 rings (SSSR count). The van der Waals surface area contributed by atoms with Crippen LogP contribution < -0.4 is 32.7 Å². The predicted molar refractivity (Wildman–Crippen MR) is 207 cm³/mol. The summed E-state index contributed by atoms with van der Waals surface area (Å²) in [6.45, 7) is 1.76. The van der Waals surface area contributed by atoms with E-state index in [2.05, 4.69) is 45.5 Å². The van der Waals surface area contributed by atoms with Crippen LogP contribution in [0.2, 0.25) is 0 Å². The summed E-state index contributed by atoms with van der Waals surface area (Å²) >= 11 is 0. The fourth-order valence-corrected chi connectivity index (χ4v) is 7.46. The standard InChI is InChI=1S/C40H61BN6O6/c42-27-11-21-33(46-37(50)39(23-7-8-24-39)35(48)44-29-13-19-31-15-3-1-4-16-31)52-41-53-34(22-12-28-43)47-38(51)40(25-9-10-26-40)36(49)45-30-14-20-32-17-5-2-6-18-32/h1-6,15-18,33-34,41H,7-14,19-30,42-43H2,(H,44,48)(H,45,49)(H,46,50)(H,47,51). The van der Waals surface area contributed by atoms with Crippen molar-refractivity contribution in [3.63, 3.8) is 0 Å². The van der Waals surface area contributed by atoms with Crippen molar-refractivity contribution in [2.75, 3.05) is 26.2 Å². The molecule has 2 aliphatic rings. The number of nitrogens with one attached hydrogen (secondary N) is 4. The van der Waals surface area contributed by atoms with Crippen LogP contribution in [0.4, 0.5) is 0 Å². The van der Waals surface area contributed by atoms with Crippen LogP contribution in [0.25, 0.3) is 0 Å². The van der Waals surface area contributed by atoms with Gasteiger partial charge in [0.2, 0.25) is 23.6 Å². The van der Waals surface area contributed by atoms with Gasteiger partial charge in [-0.3, -0.25) is 19.2 Å². The smallest absolute Gasteiger partial charge is 0.393 e. The number of hydrogen-bond acceptors (Lipinski definition) is 8. The summed E-state index contributed by atoms with van der Waals surface area (Å²) in [4.78, 5) is 54.6. The summed E-state index contributed by atoms with van der Waals surface area (Å²) in [5.41, 5.74) is 11.7. The number of carbonyl (C=O) groups is 4. The van der Waals surface area contributed by atoms with Gasteiger partial charge in [0.1, 0.15) is 23.3 Å². The molecule has 53 heavy (non-hydrogen) atoms. The van der Waals surface area contributed by atoms with Crippen molar-refractivity contribution in [2.24, 2.45) is 22.3 Å². The fraction of sp³-hybridized carbons (Fsp3) is 0.600. The quantitative estimate of drug-likeness (QED) is 0.0411. The van der Waals surface area contributed by atoms with Crippen molar-refractivity contribution < 1.29 is 28.5 Å². The van der Waals surface area contributed by atoms with Crippen molar-refractivity contribution in [2.45, 2.75) is 115 Å². The second kappa shape index (κ2) is 22.4. The van der Waals surface area contributed by atoms with Gasteiger partial charge in [-0.1, -0.05) is 86.3 Å². The molecule has 2 unspecified atom stereocenters. The molecule has 2 atom stereocenters. The molecule has 0 spiro atoms.